The molecular weight excluding hydrogens is 499 g/mol. The van der Waals surface area contributed by atoms with Crippen molar-refractivity contribution in [2.75, 3.05) is 17.3 Å². The van der Waals surface area contributed by atoms with Crippen LogP contribution in [0.4, 0.5) is 0 Å². The Morgan fingerprint density at radius 2 is 0.588 bits per heavy atom. The molecule has 3 nitrogen and oxygen atoms in total. The maximum Gasteiger partial charge on any atom is 0.369 e. The summed E-state index contributed by atoms with van der Waals surface area (Å²) in [6.07, 6.45) is 28.0. The second-order valence-corrected chi connectivity index (χ2v) is 13.4. The highest BCUT2D eigenvalue weighted by Crippen LogP contribution is 2.50. The number of rotatable bonds is 30. The first-order valence-electron chi connectivity index (χ1n) is 14.5. The lowest BCUT2D eigenvalue weighted by molar-refractivity contribution is 0.467. The van der Waals surface area contributed by atoms with Gasteiger partial charge in [-0.25, -0.2) is 11.9 Å². The van der Waals surface area contributed by atoms with Gasteiger partial charge in [0.15, 0.2) is 0 Å². The second-order valence-electron chi connectivity index (χ2n) is 9.28. The molecule has 0 heterocycles. The van der Waals surface area contributed by atoms with E-state index >= 15 is 0 Å². The SMILES string of the molecule is CCCCCCCCCSOP(OSCCCCCCCCC)OSCCCCCCCCC. The molecule has 0 rings (SSSR count). The fourth-order valence-electron chi connectivity index (χ4n) is 3.63. The molecular formula is C27H57O3PS3. The molecule has 34 heavy (non-hydrogen) atoms. The average Bonchev–Trinajstić information content (AvgIpc) is 2.85. The summed E-state index contributed by atoms with van der Waals surface area (Å²) < 4.78 is 17.8. The zero-order chi connectivity index (χ0) is 24.8. The van der Waals surface area contributed by atoms with Gasteiger partial charge in [0, 0.05) is 53.4 Å². The van der Waals surface area contributed by atoms with Gasteiger partial charge in [0.05, 0.1) is 0 Å². The van der Waals surface area contributed by atoms with Crippen molar-refractivity contribution in [3.05, 3.63) is 0 Å². The molecule has 0 unspecified atom stereocenters. The van der Waals surface area contributed by atoms with Gasteiger partial charge < -0.3 is 0 Å². The first kappa shape index (κ1) is 35.4. The Bertz CT molecular complexity index is 316. The van der Waals surface area contributed by atoms with Crippen LogP contribution in [0.5, 0.6) is 0 Å². The molecule has 0 fully saturated rings. The van der Waals surface area contributed by atoms with Crippen LogP contribution in [0.1, 0.15) is 156 Å². The smallest absolute Gasteiger partial charge is 0.239 e. The molecule has 0 radical (unpaired) electrons. The van der Waals surface area contributed by atoms with Crippen LogP contribution in [0.25, 0.3) is 0 Å². The van der Waals surface area contributed by atoms with Gasteiger partial charge in [0.1, 0.15) is 0 Å². The lowest BCUT2D eigenvalue weighted by Crippen LogP contribution is -1.89. The molecule has 0 saturated heterocycles. The van der Waals surface area contributed by atoms with Crippen LogP contribution in [0.2, 0.25) is 0 Å². The van der Waals surface area contributed by atoms with Gasteiger partial charge in [-0.15, -0.1) is 0 Å². The predicted molar refractivity (Wildman–Crippen MR) is 162 cm³/mol. The van der Waals surface area contributed by atoms with Gasteiger partial charge in [-0.2, -0.15) is 0 Å². The molecule has 0 aromatic rings. The van der Waals surface area contributed by atoms with Crippen LogP contribution in [0.3, 0.4) is 0 Å². The summed E-state index contributed by atoms with van der Waals surface area (Å²) in [7, 11) is -1.27. The van der Waals surface area contributed by atoms with Crippen molar-refractivity contribution in [3.63, 3.8) is 0 Å². The van der Waals surface area contributed by atoms with Crippen LogP contribution < -0.4 is 0 Å². The highest BCUT2D eigenvalue weighted by molar-refractivity contribution is 8.03. The van der Waals surface area contributed by atoms with Crippen LogP contribution in [0, 0.1) is 0 Å². The number of unbranched alkanes of at least 4 members (excludes halogenated alkanes) is 18. The maximum atomic E-state index is 5.93. The first-order valence-corrected chi connectivity index (χ1v) is 18.4. The van der Waals surface area contributed by atoms with Gasteiger partial charge in [-0.3, -0.25) is 0 Å². The molecule has 0 bridgehead atoms. The quantitative estimate of drug-likeness (QED) is 0.0496. The summed E-state index contributed by atoms with van der Waals surface area (Å²) in [5, 5.41) is 0. The Labute approximate surface area is 228 Å². The summed E-state index contributed by atoms with van der Waals surface area (Å²) in [5.74, 6) is 3.10. The van der Waals surface area contributed by atoms with E-state index in [1.165, 1.54) is 135 Å². The van der Waals surface area contributed by atoms with E-state index < -0.39 is 8.60 Å². The van der Waals surface area contributed by atoms with Gasteiger partial charge in [-0.1, -0.05) is 136 Å². The third kappa shape index (κ3) is 29.6. The van der Waals surface area contributed by atoms with Gasteiger partial charge in [-0.05, 0) is 19.3 Å². The van der Waals surface area contributed by atoms with Crippen molar-refractivity contribution < 1.29 is 11.9 Å². The predicted octanol–water partition coefficient (Wildman–Crippen LogP) is 12.5. The van der Waals surface area contributed by atoms with E-state index in [1.807, 2.05) is 0 Å². The monoisotopic (exact) mass is 556 g/mol. The molecule has 0 aliphatic carbocycles. The number of hydrogen-bond donors (Lipinski definition) is 0. The molecule has 0 N–H and O–H groups in total. The Hall–Kier alpha value is 1.36. The molecule has 0 aliphatic heterocycles. The molecule has 0 saturated carbocycles. The van der Waals surface area contributed by atoms with Gasteiger partial charge in [0.25, 0.3) is 0 Å². The van der Waals surface area contributed by atoms with E-state index in [-0.39, 0.29) is 0 Å². The Morgan fingerprint density at radius 3 is 0.853 bits per heavy atom. The van der Waals surface area contributed by atoms with Crippen molar-refractivity contribution in [1.82, 2.24) is 0 Å². The topological polar surface area (TPSA) is 27.7 Å². The van der Waals surface area contributed by atoms with E-state index in [4.69, 9.17) is 11.9 Å². The molecule has 0 atom stereocenters. The largest absolute Gasteiger partial charge is 0.369 e. The van der Waals surface area contributed by atoms with Crippen LogP contribution >= 0.6 is 44.7 Å². The fourth-order valence-corrected chi connectivity index (χ4v) is 7.49. The van der Waals surface area contributed by atoms with E-state index in [1.54, 1.807) is 36.1 Å². The first-order chi connectivity index (χ1) is 16.8. The minimum Gasteiger partial charge on any atom is -0.239 e. The van der Waals surface area contributed by atoms with E-state index in [2.05, 4.69) is 20.8 Å². The standard InChI is InChI=1S/C27H57O3PS3/c1-4-7-10-13-16-19-22-25-32-28-31(29-33-26-23-20-17-14-11-8-5-2)30-34-27-24-21-18-15-12-9-6-3/h4-27H2,1-3H3. The van der Waals surface area contributed by atoms with Crippen LogP contribution in [-0.4, -0.2) is 17.3 Å². The molecule has 7 heteroatoms. The third-order valence-electron chi connectivity index (χ3n) is 5.83. The van der Waals surface area contributed by atoms with Gasteiger partial charge in [0.2, 0.25) is 0 Å². The summed E-state index contributed by atoms with van der Waals surface area (Å²) in [5.41, 5.74) is 0. The van der Waals surface area contributed by atoms with Crippen molar-refractivity contribution in [2.24, 2.45) is 0 Å². The summed E-state index contributed by atoms with van der Waals surface area (Å²) in [4.78, 5) is 0. The van der Waals surface area contributed by atoms with Crippen molar-refractivity contribution >= 4 is 44.7 Å². The Morgan fingerprint density at radius 1 is 0.353 bits per heavy atom. The van der Waals surface area contributed by atoms with E-state index in [0.29, 0.717) is 0 Å². The second kappa shape index (κ2) is 32.4. The fraction of sp³-hybridized carbons (Fsp3) is 1.00. The average molecular weight is 557 g/mol. The lowest BCUT2D eigenvalue weighted by atomic mass is 10.1. The highest BCUT2D eigenvalue weighted by Gasteiger charge is 2.15. The zero-order valence-corrected chi connectivity index (χ0v) is 26.2. The summed E-state index contributed by atoms with van der Waals surface area (Å²) >= 11 is 4.62. The molecule has 206 valence electrons. The lowest BCUT2D eigenvalue weighted by Gasteiger charge is -2.13. The highest BCUT2D eigenvalue weighted by atomic mass is 32.2. The van der Waals surface area contributed by atoms with Crippen LogP contribution in [0.15, 0.2) is 0 Å². The summed E-state index contributed by atoms with van der Waals surface area (Å²) in [6, 6.07) is 0. The van der Waals surface area contributed by atoms with E-state index in [9.17, 15) is 0 Å². The van der Waals surface area contributed by atoms with Crippen molar-refractivity contribution in [2.45, 2.75) is 156 Å². The van der Waals surface area contributed by atoms with Gasteiger partial charge >= 0.3 is 8.60 Å². The maximum absolute atomic E-state index is 5.93. The third-order valence-corrected chi connectivity index (χ3v) is 9.93. The summed E-state index contributed by atoms with van der Waals surface area (Å²) in [6.45, 7) is 6.82. The minimum absolute atomic E-state index is 1.03. The van der Waals surface area contributed by atoms with Crippen molar-refractivity contribution in [1.29, 1.82) is 0 Å². The molecule has 0 aromatic carbocycles. The minimum atomic E-state index is -1.27. The molecule has 0 spiro atoms. The van der Waals surface area contributed by atoms with E-state index in [0.717, 1.165) is 17.3 Å². The zero-order valence-electron chi connectivity index (χ0n) is 22.9. The Kier molecular flexibility index (Phi) is 33.7. The van der Waals surface area contributed by atoms with Crippen LogP contribution in [-0.2, 0) is 11.9 Å². The molecule has 0 aromatic heterocycles. The molecule has 0 amide bonds. The number of hydrogen-bond acceptors (Lipinski definition) is 6. The normalized spacial score (nSPS) is 11.6. The van der Waals surface area contributed by atoms with Crippen molar-refractivity contribution in [3.8, 4) is 0 Å². The molecule has 0 aliphatic rings. The Balaban J connectivity index is 3.85.